The Bertz CT molecular complexity index is 1260. The average Bonchev–Trinajstić information content (AvgIpc) is 3.38. The first-order valence-electron chi connectivity index (χ1n) is 12.6. The first-order valence-corrected chi connectivity index (χ1v) is 14.5. The molecular formula is C27H30F3NO5S2. The van der Waals surface area contributed by atoms with Crippen LogP contribution in [0.15, 0.2) is 28.8 Å². The average molecular weight is 570 g/mol. The summed E-state index contributed by atoms with van der Waals surface area (Å²) in [5, 5.41) is 10.7. The van der Waals surface area contributed by atoms with Gasteiger partial charge in [-0.3, -0.25) is 9.59 Å². The topological polar surface area (TPSA) is 93.6 Å². The molecule has 3 saturated carbocycles. The van der Waals surface area contributed by atoms with E-state index in [4.69, 9.17) is 4.74 Å². The van der Waals surface area contributed by atoms with Crippen molar-refractivity contribution in [2.45, 2.75) is 71.0 Å². The molecule has 6 nitrogen and oxygen atoms in total. The van der Waals surface area contributed by atoms with Gasteiger partial charge in [0.25, 0.3) is 0 Å². The molecule has 5 rings (SSSR count). The molecule has 1 N–H and O–H groups in total. The number of carbonyl (C=O) groups is 3. The van der Waals surface area contributed by atoms with Gasteiger partial charge in [0, 0.05) is 16.9 Å². The number of hydrogen-bond donors (Lipinski definition) is 1. The zero-order chi connectivity index (χ0) is 27.8. The SMILES string of the molecule is Cc1ncsc1C(=O)OC1C(C)C[C@H]2[C@@H]3CC(F)C4=CC(=O)C=C(C(=O)SCF)[C@]4(C)[C@@]3(F)C(O)C[C@]12C. The van der Waals surface area contributed by atoms with Gasteiger partial charge < -0.3 is 9.84 Å². The molecule has 3 fully saturated rings. The van der Waals surface area contributed by atoms with E-state index in [-0.39, 0.29) is 41.7 Å². The predicted octanol–water partition coefficient (Wildman–Crippen LogP) is 5.10. The summed E-state index contributed by atoms with van der Waals surface area (Å²) in [7, 11) is 0. The molecule has 0 aromatic carbocycles. The molecule has 0 bridgehead atoms. The minimum atomic E-state index is -2.50. The van der Waals surface area contributed by atoms with Crippen molar-refractivity contribution in [1.29, 1.82) is 0 Å². The molecule has 0 saturated heterocycles. The highest BCUT2D eigenvalue weighted by Gasteiger charge is 2.75. The smallest absolute Gasteiger partial charge is 0.350 e. The van der Waals surface area contributed by atoms with Crippen LogP contribution in [0.1, 0.15) is 55.4 Å². The number of hydrogen-bond acceptors (Lipinski definition) is 8. The largest absolute Gasteiger partial charge is 0.457 e. The van der Waals surface area contributed by atoms with Crippen molar-refractivity contribution < 1.29 is 37.4 Å². The highest BCUT2D eigenvalue weighted by molar-refractivity contribution is 8.14. The minimum Gasteiger partial charge on any atom is -0.457 e. The number of rotatable bonds is 4. The number of ketones is 1. The molecule has 11 heteroatoms. The second-order valence-corrected chi connectivity index (χ2v) is 13.2. The second-order valence-electron chi connectivity index (χ2n) is 11.4. The monoisotopic (exact) mass is 569 g/mol. The number of esters is 1. The molecule has 0 radical (unpaired) electrons. The van der Waals surface area contributed by atoms with E-state index < -0.39 is 69.6 Å². The Morgan fingerprint density at radius 3 is 2.61 bits per heavy atom. The summed E-state index contributed by atoms with van der Waals surface area (Å²) >= 11 is 1.44. The van der Waals surface area contributed by atoms with Crippen molar-refractivity contribution in [3.63, 3.8) is 0 Å². The van der Waals surface area contributed by atoms with Gasteiger partial charge in [0.1, 0.15) is 23.2 Å². The van der Waals surface area contributed by atoms with Crippen LogP contribution >= 0.6 is 23.1 Å². The molecule has 1 aromatic rings. The number of nitrogens with zero attached hydrogens (tertiary/aromatic N) is 1. The molecule has 1 aromatic heterocycles. The first kappa shape index (κ1) is 27.6. The number of halogens is 3. The van der Waals surface area contributed by atoms with Crippen LogP contribution in [-0.4, -0.2) is 57.0 Å². The van der Waals surface area contributed by atoms with Crippen molar-refractivity contribution in [2.75, 3.05) is 6.01 Å². The zero-order valence-corrected chi connectivity index (χ0v) is 23.1. The van der Waals surface area contributed by atoms with E-state index in [1.807, 2.05) is 13.8 Å². The maximum Gasteiger partial charge on any atom is 0.350 e. The lowest BCUT2D eigenvalue weighted by atomic mass is 9.44. The highest BCUT2D eigenvalue weighted by Crippen LogP contribution is 2.70. The van der Waals surface area contributed by atoms with Crippen molar-refractivity contribution in [1.82, 2.24) is 4.98 Å². The normalized spacial score (nSPS) is 41.9. The van der Waals surface area contributed by atoms with Gasteiger partial charge in [0.2, 0.25) is 5.12 Å². The molecule has 206 valence electrons. The summed E-state index contributed by atoms with van der Waals surface area (Å²) in [6, 6.07) is -1.09. The number of allylic oxidation sites excluding steroid dienone is 3. The molecule has 1 heterocycles. The molecule has 4 aliphatic rings. The number of aliphatic hydroxyl groups excluding tert-OH is 1. The van der Waals surface area contributed by atoms with Crippen LogP contribution in [0.5, 0.6) is 0 Å². The third kappa shape index (κ3) is 3.63. The highest BCUT2D eigenvalue weighted by atomic mass is 32.2. The van der Waals surface area contributed by atoms with E-state index in [0.29, 0.717) is 17.0 Å². The van der Waals surface area contributed by atoms with E-state index in [1.54, 1.807) is 12.4 Å². The number of aromatic nitrogens is 1. The Balaban J connectivity index is 1.57. The molecular weight excluding hydrogens is 539 g/mol. The fourth-order valence-corrected chi connectivity index (χ4v) is 9.16. The summed E-state index contributed by atoms with van der Waals surface area (Å²) in [5.74, 6) is -2.93. The summed E-state index contributed by atoms with van der Waals surface area (Å²) in [5.41, 5.74) is -3.75. The molecule has 0 amide bonds. The van der Waals surface area contributed by atoms with Gasteiger partial charge in [-0.05, 0) is 74.4 Å². The van der Waals surface area contributed by atoms with Crippen LogP contribution < -0.4 is 0 Å². The Hall–Kier alpha value is -1.98. The Morgan fingerprint density at radius 2 is 1.97 bits per heavy atom. The summed E-state index contributed by atoms with van der Waals surface area (Å²) in [6.45, 7) is 6.78. The number of thioether (sulfide) groups is 1. The van der Waals surface area contributed by atoms with Crippen molar-refractivity contribution >= 4 is 40.0 Å². The number of aryl methyl sites for hydroxylation is 1. The predicted molar refractivity (Wildman–Crippen MR) is 137 cm³/mol. The lowest BCUT2D eigenvalue weighted by Crippen LogP contribution is -2.69. The minimum absolute atomic E-state index is 0.0971. The van der Waals surface area contributed by atoms with Gasteiger partial charge in [0.05, 0.1) is 22.7 Å². The summed E-state index contributed by atoms with van der Waals surface area (Å²) in [6.07, 6.45) is -2.06. The molecule has 0 aliphatic heterocycles. The van der Waals surface area contributed by atoms with Gasteiger partial charge in [-0.25, -0.2) is 22.9 Å². The number of ether oxygens (including phenoxy) is 1. The number of carbonyl (C=O) groups excluding carboxylic acids is 3. The van der Waals surface area contributed by atoms with Crippen molar-refractivity contribution in [3.05, 3.63) is 39.4 Å². The number of thiazole rings is 1. The molecule has 0 spiro atoms. The van der Waals surface area contributed by atoms with Gasteiger partial charge in [0.15, 0.2) is 11.5 Å². The van der Waals surface area contributed by atoms with Gasteiger partial charge in [-0.2, -0.15) is 0 Å². The van der Waals surface area contributed by atoms with Crippen LogP contribution in [0.4, 0.5) is 13.2 Å². The van der Waals surface area contributed by atoms with Crippen LogP contribution in [-0.2, 0) is 14.3 Å². The Kier molecular flexibility index (Phi) is 6.75. The Labute approximate surface area is 227 Å². The summed E-state index contributed by atoms with van der Waals surface area (Å²) < 4.78 is 52.7. The fourth-order valence-electron chi connectivity index (χ4n) is 7.96. The van der Waals surface area contributed by atoms with E-state index in [2.05, 4.69) is 4.98 Å². The standard InChI is InChI=1S/C27H30F3NO5S2/c1-12-5-15-16-8-19(29)17-6-14(32)7-18(24(35)37-10-28)26(17,4)27(16,30)20(33)9-25(15,3)22(12)36-23(34)21-13(2)31-11-38-21/h6-7,11-12,15-16,19-20,22,33H,5,8-10H2,1-4H3/t12?,15-,16-,19?,20?,22?,25-,26+,27-/m0/s1. The zero-order valence-electron chi connectivity index (χ0n) is 21.5. The van der Waals surface area contributed by atoms with Crippen LogP contribution in [0.3, 0.4) is 0 Å². The van der Waals surface area contributed by atoms with E-state index in [1.165, 1.54) is 6.92 Å². The van der Waals surface area contributed by atoms with Crippen LogP contribution in [0.2, 0.25) is 0 Å². The van der Waals surface area contributed by atoms with E-state index >= 15 is 8.78 Å². The van der Waals surface area contributed by atoms with Crippen molar-refractivity contribution in [3.8, 4) is 0 Å². The number of fused-ring (bicyclic) bond motifs is 5. The van der Waals surface area contributed by atoms with E-state index in [9.17, 15) is 23.9 Å². The van der Waals surface area contributed by atoms with Crippen LogP contribution in [0.25, 0.3) is 0 Å². The molecule has 4 unspecified atom stereocenters. The maximum atomic E-state index is 17.7. The number of aliphatic hydroxyl groups is 1. The van der Waals surface area contributed by atoms with Gasteiger partial charge in [-0.15, -0.1) is 11.3 Å². The molecule has 9 atom stereocenters. The van der Waals surface area contributed by atoms with Crippen LogP contribution in [0, 0.1) is 35.5 Å². The fraction of sp³-hybridized carbons (Fsp3) is 0.630. The maximum absolute atomic E-state index is 17.7. The summed E-state index contributed by atoms with van der Waals surface area (Å²) in [4.78, 5) is 42.8. The third-order valence-corrected chi connectivity index (χ3v) is 11.1. The van der Waals surface area contributed by atoms with Crippen molar-refractivity contribution in [2.24, 2.45) is 28.6 Å². The lowest BCUT2D eigenvalue weighted by Gasteiger charge is -2.63. The van der Waals surface area contributed by atoms with E-state index in [0.717, 1.165) is 23.5 Å². The third-order valence-electron chi connectivity index (χ3n) is 9.62. The quantitative estimate of drug-likeness (QED) is 0.505. The van der Waals surface area contributed by atoms with Gasteiger partial charge >= 0.3 is 5.97 Å². The second kappa shape index (κ2) is 9.30. The molecule has 38 heavy (non-hydrogen) atoms. The Morgan fingerprint density at radius 1 is 1.26 bits per heavy atom. The first-order chi connectivity index (χ1) is 17.8. The lowest BCUT2D eigenvalue weighted by molar-refractivity contribution is -0.209. The molecule has 4 aliphatic carbocycles. The van der Waals surface area contributed by atoms with Gasteiger partial charge in [-0.1, -0.05) is 13.8 Å². The number of alkyl halides is 3.